The van der Waals surface area contributed by atoms with Crippen LogP contribution in [0.15, 0.2) is 27.4 Å². The molecule has 1 saturated carbocycles. The largest absolute Gasteiger partial charge is 0.420 e. The summed E-state index contributed by atoms with van der Waals surface area (Å²) in [5.74, 6) is 0.150. The van der Waals surface area contributed by atoms with Crippen LogP contribution in [0.3, 0.4) is 0 Å². The molecule has 2 aliphatic rings. The fraction of sp³-hybridized carbons (Fsp3) is 0.556. The number of aromatic nitrogens is 1. The molecule has 1 amide bonds. The Kier molecular flexibility index (Phi) is 4.12. The third-order valence-electron chi connectivity index (χ3n) is 5.49. The molecule has 1 aliphatic carbocycles. The predicted molar refractivity (Wildman–Crippen MR) is 92.2 cm³/mol. The van der Waals surface area contributed by atoms with Crippen LogP contribution in [0.4, 0.5) is 0 Å². The van der Waals surface area contributed by atoms with Crippen molar-refractivity contribution < 1.29 is 9.21 Å². The number of hydrogen-bond acceptors (Lipinski definition) is 3. The summed E-state index contributed by atoms with van der Waals surface area (Å²) in [6.45, 7) is 0.840. The van der Waals surface area contributed by atoms with Gasteiger partial charge in [0, 0.05) is 23.7 Å². The second kappa shape index (κ2) is 6.28. The van der Waals surface area contributed by atoms with Gasteiger partial charge < -0.3 is 9.32 Å². The summed E-state index contributed by atoms with van der Waals surface area (Å²) in [6, 6.07) is 5.40. The first-order valence-corrected chi connectivity index (χ1v) is 9.09. The van der Waals surface area contributed by atoms with Crippen molar-refractivity contribution in [2.24, 2.45) is 5.92 Å². The van der Waals surface area contributed by atoms with Crippen LogP contribution in [0.1, 0.15) is 38.5 Å². The molecule has 0 radical (unpaired) electrons. The molecule has 1 aromatic carbocycles. The number of likely N-dealkylation sites (tertiary alicyclic amines) is 1. The van der Waals surface area contributed by atoms with E-state index in [2.05, 4.69) is 0 Å². The Morgan fingerprint density at radius 3 is 2.88 bits per heavy atom. The van der Waals surface area contributed by atoms with Crippen molar-refractivity contribution in [1.29, 1.82) is 0 Å². The van der Waals surface area contributed by atoms with Crippen molar-refractivity contribution in [2.45, 2.75) is 51.1 Å². The molecule has 128 valence electrons. The Bertz CT molecular complexity index is 823. The average molecular weight is 349 g/mol. The number of carbonyl (C=O) groups excluding carboxylic acids is 1. The van der Waals surface area contributed by atoms with Gasteiger partial charge in [-0.05, 0) is 43.7 Å². The lowest BCUT2D eigenvalue weighted by molar-refractivity contribution is -0.138. The Labute approximate surface area is 145 Å². The minimum absolute atomic E-state index is 0.0198. The Morgan fingerprint density at radius 1 is 1.21 bits per heavy atom. The summed E-state index contributed by atoms with van der Waals surface area (Å²) in [5.41, 5.74) is 1.05. The maximum absolute atomic E-state index is 12.9. The van der Waals surface area contributed by atoms with Crippen molar-refractivity contribution in [3.05, 3.63) is 33.8 Å². The summed E-state index contributed by atoms with van der Waals surface area (Å²) in [6.07, 6.45) is 7.06. The molecule has 0 unspecified atom stereocenters. The predicted octanol–water partition coefficient (Wildman–Crippen LogP) is 3.43. The molecule has 2 aromatic rings. The maximum Gasteiger partial charge on any atom is 0.420 e. The van der Waals surface area contributed by atoms with Crippen molar-refractivity contribution >= 4 is 28.6 Å². The van der Waals surface area contributed by atoms with E-state index in [1.807, 2.05) is 4.90 Å². The number of amides is 1. The minimum Gasteiger partial charge on any atom is -0.408 e. The van der Waals surface area contributed by atoms with Crippen LogP contribution in [0.25, 0.3) is 11.1 Å². The fourth-order valence-electron chi connectivity index (χ4n) is 4.35. The molecule has 5 nitrogen and oxygen atoms in total. The number of halogens is 1. The van der Waals surface area contributed by atoms with E-state index in [1.54, 1.807) is 18.2 Å². The van der Waals surface area contributed by atoms with Crippen LogP contribution >= 0.6 is 11.6 Å². The van der Waals surface area contributed by atoms with Crippen molar-refractivity contribution in [2.75, 3.05) is 6.54 Å². The van der Waals surface area contributed by atoms with Gasteiger partial charge in [-0.3, -0.25) is 9.36 Å². The molecule has 24 heavy (non-hydrogen) atoms. The number of piperidine rings is 1. The molecule has 1 saturated heterocycles. The number of hydrogen-bond donors (Lipinski definition) is 0. The van der Waals surface area contributed by atoms with Crippen LogP contribution in [0.2, 0.25) is 5.02 Å². The van der Waals surface area contributed by atoms with Crippen molar-refractivity contribution in [3.63, 3.8) is 0 Å². The summed E-state index contributed by atoms with van der Waals surface area (Å²) in [4.78, 5) is 27.0. The van der Waals surface area contributed by atoms with Crippen LogP contribution < -0.4 is 5.76 Å². The van der Waals surface area contributed by atoms with Gasteiger partial charge in [0.25, 0.3) is 0 Å². The third kappa shape index (κ3) is 2.75. The van der Waals surface area contributed by atoms with E-state index in [4.69, 9.17) is 16.0 Å². The molecule has 0 bridgehead atoms. The summed E-state index contributed by atoms with van der Waals surface area (Å²) in [5, 5.41) is 0.510. The van der Waals surface area contributed by atoms with Gasteiger partial charge in [0.15, 0.2) is 5.58 Å². The van der Waals surface area contributed by atoms with Crippen molar-refractivity contribution in [1.82, 2.24) is 9.47 Å². The monoisotopic (exact) mass is 348 g/mol. The highest BCUT2D eigenvalue weighted by Gasteiger charge is 2.35. The second-order valence-electron chi connectivity index (χ2n) is 6.91. The summed E-state index contributed by atoms with van der Waals surface area (Å²) in [7, 11) is 0. The van der Waals surface area contributed by atoms with Gasteiger partial charge >= 0.3 is 5.76 Å². The van der Waals surface area contributed by atoms with Crippen LogP contribution in [0.5, 0.6) is 0 Å². The Balaban J connectivity index is 1.60. The first kappa shape index (κ1) is 15.8. The summed E-state index contributed by atoms with van der Waals surface area (Å²) >= 11 is 5.94. The van der Waals surface area contributed by atoms with Crippen LogP contribution in [0, 0.1) is 5.92 Å². The van der Waals surface area contributed by atoms with Gasteiger partial charge in [0.1, 0.15) is 6.54 Å². The number of carbonyl (C=O) groups is 1. The zero-order valence-electron chi connectivity index (χ0n) is 13.5. The van der Waals surface area contributed by atoms with E-state index in [0.717, 1.165) is 19.4 Å². The molecule has 2 heterocycles. The molecular formula is C18H21ClN2O3. The van der Waals surface area contributed by atoms with Gasteiger partial charge in [-0.2, -0.15) is 0 Å². The third-order valence-corrected chi connectivity index (χ3v) is 5.72. The molecule has 1 aliphatic heterocycles. The zero-order chi connectivity index (χ0) is 16.7. The number of rotatable bonds is 2. The summed E-state index contributed by atoms with van der Waals surface area (Å²) < 4.78 is 6.64. The Hall–Kier alpha value is -1.75. The zero-order valence-corrected chi connectivity index (χ0v) is 14.3. The number of fused-ring (bicyclic) bond motifs is 2. The highest BCUT2D eigenvalue weighted by Crippen LogP contribution is 2.35. The molecular weight excluding hydrogens is 328 g/mol. The smallest absolute Gasteiger partial charge is 0.408 e. The lowest BCUT2D eigenvalue weighted by Gasteiger charge is -2.44. The van der Waals surface area contributed by atoms with Crippen LogP contribution in [-0.4, -0.2) is 28.0 Å². The molecule has 4 rings (SSSR count). The SMILES string of the molecule is O=C(Cn1c(=O)oc2cc(Cl)ccc21)N1CCC[C@@H]2CCCC[C@H]21. The minimum atomic E-state index is -0.502. The first-order valence-electron chi connectivity index (χ1n) is 8.72. The molecule has 2 atom stereocenters. The standard InChI is InChI=1S/C18H21ClN2O3/c19-13-7-8-15-16(10-13)24-18(23)21(15)11-17(22)20-9-3-5-12-4-1-2-6-14(12)20/h7-8,10,12,14H,1-6,9,11H2/t12-,14+/m0/s1. The van der Waals surface area contributed by atoms with Crippen LogP contribution in [-0.2, 0) is 11.3 Å². The van der Waals surface area contributed by atoms with Gasteiger partial charge in [-0.15, -0.1) is 0 Å². The topological polar surface area (TPSA) is 55.5 Å². The van der Waals surface area contributed by atoms with E-state index >= 15 is 0 Å². The first-order chi connectivity index (χ1) is 11.6. The van der Waals surface area contributed by atoms with E-state index in [9.17, 15) is 9.59 Å². The second-order valence-corrected chi connectivity index (χ2v) is 7.34. The van der Waals surface area contributed by atoms with Gasteiger partial charge in [0.2, 0.25) is 5.91 Å². The lowest BCUT2D eigenvalue weighted by Crippen LogP contribution is -2.51. The quantitative estimate of drug-likeness (QED) is 0.835. The maximum atomic E-state index is 12.9. The van der Waals surface area contributed by atoms with E-state index in [1.165, 1.54) is 30.3 Å². The fourth-order valence-corrected chi connectivity index (χ4v) is 4.51. The average Bonchev–Trinajstić information content (AvgIpc) is 2.89. The lowest BCUT2D eigenvalue weighted by atomic mass is 9.78. The molecule has 0 spiro atoms. The van der Waals surface area contributed by atoms with Gasteiger partial charge in [0.05, 0.1) is 5.52 Å². The molecule has 6 heteroatoms. The van der Waals surface area contributed by atoms with Gasteiger partial charge in [-0.25, -0.2) is 4.79 Å². The van der Waals surface area contributed by atoms with E-state index in [-0.39, 0.29) is 12.5 Å². The molecule has 0 N–H and O–H groups in total. The normalized spacial score (nSPS) is 24.1. The Morgan fingerprint density at radius 2 is 2.00 bits per heavy atom. The number of benzene rings is 1. The highest BCUT2D eigenvalue weighted by molar-refractivity contribution is 6.31. The van der Waals surface area contributed by atoms with Crippen molar-refractivity contribution in [3.8, 4) is 0 Å². The van der Waals surface area contributed by atoms with E-state index < -0.39 is 5.76 Å². The molecule has 2 fully saturated rings. The van der Waals surface area contributed by atoms with Gasteiger partial charge in [-0.1, -0.05) is 24.4 Å². The van der Waals surface area contributed by atoms with E-state index in [0.29, 0.717) is 28.1 Å². The molecule has 1 aromatic heterocycles. The number of oxazole rings is 1. The highest BCUT2D eigenvalue weighted by atomic mass is 35.5. The number of nitrogens with zero attached hydrogens (tertiary/aromatic N) is 2.